The van der Waals surface area contributed by atoms with Crippen molar-refractivity contribution in [3.63, 3.8) is 0 Å². The second-order valence-corrected chi connectivity index (χ2v) is 12.2. The number of thiophene rings is 1. The van der Waals surface area contributed by atoms with Crippen LogP contribution >= 0.6 is 11.3 Å². The fourth-order valence-corrected chi connectivity index (χ4v) is 7.97. The van der Waals surface area contributed by atoms with Gasteiger partial charge in [-0.3, -0.25) is 4.98 Å². The van der Waals surface area contributed by atoms with Gasteiger partial charge in [0.15, 0.2) is 0 Å². The van der Waals surface area contributed by atoms with Crippen molar-refractivity contribution in [1.29, 1.82) is 0 Å². The maximum absolute atomic E-state index is 6.36. The number of fused-ring (bicyclic) bond motifs is 11. The first-order valence-electron chi connectivity index (χ1n) is 14.6. The van der Waals surface area contributed by atoms with E-state index >= 15 is 0 Å². The molecule has 206 valence electrons. The highest BCUT2D eigenvalue weighted by atomic mass is 32.1. The highest BCUT2D eigenvalue weighted by molar-refractivity contribution is 7.26. The first kappa shape index (κ1) is 23.9. The van der Waals surface area contributed by atoms with Crippen LogP contribution in [-0.2, 0) is 0 Å². The van der Waals surface area contributed by atoms with E-state index < -0.39 is 0 Å². The Balaban J connectivity index is 1.28. The van der Waals surface area contributed by atoms with E-state index in [-0.39, 0.29) is 0 Å². The number of hydrogen-bond donors (Lipinski definition) is 0. The van der Waals surface area contributed by atoms with Crippen LogP contribution in [-0.4, -0.2) is 4.98 Å². The van der Waals surface area contributed by atoms with Gasteiger partial charge >= 0.3 is 0 Å². The number of aromatic nitrogens is 1. The summed E-state index contributed by atoms with van der Waals surface area (Å²) in [5, 5.41) is 9.33. The van der Waals surface area contributed by atoms with Crippen LogP contribution < -0.4 is 4.90 Å². The second kappa shape index (κ2) is 8.93. The molecule has 0 saturated carbocycles. The Morgan fingerprint density at radius 1 is 0.500 bits per heavy atom. The van der Waals surface area contributed by atoms with E-state index in [0.29, 0.717) is 0 Å². The molecule has 0 unspecified atom stereocenters. The summed E-state index contributed by atoms with van der Waals surface area (Å²) in [6.07, 6.45) is 3.97. The summed E-state index contributed by atoms with van der Waals surface area (Å²) in [5.74, 6) is 0. The van der Waals surface area contributed by atoms with E-state index in [4.69, 9.17) is 13.8 Å². The minimum absolute atomic E-state index is 0.847. The van der Waals surface area contributed by atoms with Crippen molar-refractivity contribution in [2.75, 3.05) is 4.90 Å². The summed E-state index contributed by atoms with van der Waals surface area (Å²) < 4.78 is 15.1. The van der Waals surface area contributed by atoms with E-state index in [1.165, 1.54) is 26.2 Å². The van der Waals surface area contributed by atoms with Crippen LogP contribution in [0.25, 0.3) is 74.8 Å². The molecule has 10 rings (SSSR count). The molecule has 4 nitrogen and oxygen atoms in total. The molecule has 44 heavy (non-hydrogen) atoms. The molecule has 4 heterocycles. The van der Waals surface area contributed by atoms with Crippen LogP contribution in [0.4, 0.5) is 17.1 Å². The lowest BCUT2D eigenvalue weighted by molar-refractivity contribution is 0.669. The van der Waals surface area contributed by atoms with Crippen molar-refractivity contribution < 1.29 is 8.83 Å². The van der Waals surface area contributed by atoms with Crippen molar-refractivity contribution >= 4 is 103 Å². The third-order valence-corrected chi connectivity index (χ3v) is 9.91. The molecule has 0 fully saturated rings. The zero-order valence-corrected chi connectivity index (χ0v) is 24.1. The lowest BCUT2D eigenvalue weighted by Gasteiger charge is -2.26. The lowest BCUT2D eigenvalue weighted by Crippen LogP contribution is -2.10. The highest BCUT2D eigenvalue weighted by Crippen LogP contribution is 2.47. The smallest absolute Gasteiger partial charge is 0.137 e. The Morgan fingerprint density at radius 2 is 1.07 bits per heavy atom. The predicted octanol–water partition coefficient (Wildman–Crippen LogP) is 11.9. The van der Waals surface area contributed by atoms with E-state index in [1.54, 1.807) is 11.3 Å². The summed E-state index contributed by atoms with van der Waals surface area (Å²) in [7, 11) is 0. The Morgan fingerprint density at radius 3 is 1.75 bits per heavy atom. The van der Waals surface area contributed by atoms with Gasteiger partial charge in [0, 0.05) is 66.7 Å². The Kier molecular flexibility index (Phi) is 4.84. The van der Waals surface area contributed by atoms with Gasteiger partial charge in [-0.15, -0.1) is 11.3 Å². The molecule has 0 aliphatic carbocycles. The van der Waals surface area contributed by atoms with Crippen molar-refractivity contribution in [2.24, 2.45) is 0 Å². The van der Waals surface area contributed by atoms with Gasteiger partial charge in [0.1, 0.15) is 22.3 Å². The summed E-state index contributed by atoms with van der Waals surface area (Å²) >= 11 is 1.80. The molecular formula is C39H22N2O2S. The maximum Gasteiger partial charge on any atom is 0.137 e. The number of hydrogen-bond acceptors (Lipinski definition) is 5. The molecule has 0 N–H and O–H groups in total. The van der Waals surface area contributed by atoms with E-state index in [9.17, 15) is 0 Å². The minimum Gasteiger partial charge on any atom is -0.456 e. The van der Waals surface area contributed by atoms with Crippen molar-refractivity contribution in [3.05, 3.63) is 134 Å². The third-order valence-electron chi connectivity index (χ3n) is 8.73. The topological polar surface area (TPSA) is 42.4 Å². The van der Waals surface area contributed by atoms with Crippen LogP contribution in [0.1, 0.15) is 0 Å². The molecule has 0 bridgehead atoms. The van der Waals surface area contributed by atoms with Gasteiger partial charge in [-0.25, -0.2) is 0 Å². The molecule has 0 radical (unpaired) electrons. The van der Waals surface area contributed by atoms with Gasteiger partial charge < -0.3 is 13.7 Å². The highest BCUT2D eigenvalue weighted by Gasteiger charge is 2.22. The Hall–Kier alpha value is -5.65. The molecular weight excluding hydrogens is 561 g/mol. The SMILES string of the molecule is c1ccc2c(c1)ccc1c2sc2cncc(N(c3ccc4c(c3)oc3ccccc34)c3ccc4c(c3)oc3ccccc34)c21. The first-order valence-corrected chi connectivity index (χ1v) is 15.4. The summed E-state index contributed by atoms with van der Waals surface area (Å²) in [4.78, 5) is 7.06. The number of anilines is 3. The quantitative estimate of drug-likeness (QED) is 0.208. The van der Waals surface area contributed by atoms with Crippen LogP contribution in [0.5, 0.6) is 0 Å². The lowest BCUT2D eigenvalue weighted by atomic mass is 10.0. The minimum atomic E-state index is 0.847. The molecule has 0 saturated heterocycles. The largest absolute Gasteiger partial charge is 0.456 e. The van der Waals surface area contributed by atoms with E-state index in [2.05, 4.69) is 102 Å². The van der Waals surface area contributed by atoms with Crippen molar-refractivity contribution in [3.8, 4) is 0 Å². The summed E-state index contributed by atoms with van der Waals surface area (Å²) in [5.41, 5.74) is 6.45. The maximum atomic E-state index is 6.36. The summed E-state index contributed by atoms with van der Waals surface area (Å²) in [6.45, 7) is 0. The van der Waals surface area contributed by atoms with Crippen molar-refractivity contribution in [2.45, 2.75) is 0 Å². The second-order valence-electron chi connectivity index (χ2n) is 11.2. The Labute approximate surface area is 255 Å². The number of pyridine rings is 1. The monoisotopic (exact) mass is 582 g/mol. The fraction of sp³-hybridized carbons (Fsp3) is 0. The van der Waals surface area contributed by atoms with Crippen LogP contribution in [0.2, 0.25) is 0 Å². The third kappa shape index (κ3) is 3.36. The number of rotatable bonds is 3. The van der Waals surface area contributed by atoms with Gasteiger partial charge in [0.2, 0.25) is 0 Å². The fourth-order valence-electron chi connectivity index (χ4n) is 6.74. The van der Waals surface area contributed by atoms with Gasteiger partial charge in [0.05, 0.1) is 16.6 Å². The molecule has 6 aromatic carbocycles. The van der Waals surface area contributed by atoms with Gasteiger partial charge in [-0.05, 0) is 47.2 Å². The van der Waals surface area contributed by atoms with Crippen LogP contribution in [0, 0.1) is 0 Å². The molecule has 0 atom stereocenters. The predicted molar refractivity (Wildman–Crippen MR) is 184 cm³/mol. The zero-order valence-electron chi connectivity index (χ0n) is 23.3. The molecule has 0 aliphatic heterocycles. The molecule has 5 heteroatoms. The number of para-hydroxylation sites is 2. The molecule has 10 aromatic rings. The van der Waals surface area contributed by atoms with Crippen molar-refractivity contribution in [1.82, 2.24) is 4.98 Å². The Bertz CT molecular complexity index is 2640. The molecule has 4 aromatic heterocycles. The number of nitrogens with zero attached hydrogens (tertiary/aromatic N) is 2. The zero-order chi connectivity index (χ0) is 28.8. The first-order chi connectivity index (χ1) is 21.8. The van der Waals surface area contributed by atoms with Gasteiger partial charge in [0.25, 0.3) is 0 Å². The normalized spacial score (nSPS) is 12.1. The van der Waals surface area contributed by atoms with E-state index in [0.717, 1.165) is 65.6 Å². The molecule has 0 amide bonds. The molecule has 0 spiro atoms. The average Bonchev–Trinajstić information content (AvgIpc) is 3.76. The number of benzene rings is 6. The average molecular weight is 583 g/mol. The van der Waals surface area contributed by atoms with Crippen LogP contribution in [0.3, 0.4) is 0 Å². The van der Waals surface area contributed by atoms with E-state index in [1.807, 2.05) is 36.7 Å². The van der Waals surface area contributed by atoms with Gasteiger partial charge in [-0.2, -0.15) is 0 Å². The standard InChI is InChI=1S/C39H22N2O2S/c1-2-8-26-23(7-1)13-16-31-38-32(21-40-22-37(38)44-39(26)31)41(24-14-17-29-27-9-3-5-11-33(27)42-35(29)19-24)25-15-18-30-28-10-4-6-12-34(28)43-36(30)20-25/h1-22H. The summed E-state index contributed by atoms with van der Waals surface area (Å²) in [6, 6.07) is 42.4. The van der Waals surface area contributed by atoms with Gasteiger partial charge in [-0.1, -0.05) is 72.8 Å². The molecule has 0 aliphatic rings. The van der Waals surface area contributed by atoms with Crippen LogP contribution in [0.15, 0.2) is 143 Å². The number of furan rings is 2.